The molecule has 1 atom stereocenters. The molecule has 1 fully saturated rings. The second-order valence-electron chi connectivity index (χ2n) is 6.11. The number of amides is 2. The van der Waals surface area contributed by atoms with Crippen molar-refractivity contribution in [1.82, 2.24) is 15.2 Å². The van der Waals surface area contributed by atoms with E-state index in [2.05, 4.69) is 26.2 Å². The second-order valence-corrected chi connectivity index (χ2v) is 9.77. The number of carbonyl (C=O) groups excluding carboxylic acids is 2. The SMILES string of the molecule is O=C(NCc1csc(-c2cccs2)n1)C1CSCN1C(=O)c1ccccc1Br. The molecule has 5 nitrogen and oxygen atoms in total. The van der Waals surface area contributed by atoms with Gasteiger partial charge in [-0.05, 0) is 39.5 Å². The molecule has 1 aliphatic rings. The van der Waals surface area contributed by atoms with Gasteiger partial charge in [-0.15, -0.1) is 34.4 Å². The fourth-order valence-electron chi connectivity index (χ4n) is 2.85. The largest absolute Gasteiger partial charge is 0.349 e. The molecule has 0 radical (unpaired) electrons. The monoisotopic (exact) mass is 493 g/mol. The summed E-state index contributed by atoms with van der Waals surface area (Å²) in [6.07, 6.45) is 0. The zero-order valence-electron chi connectivity index (χ0n) is 14.6. The fraction of sp³-hybridized carbons (Fsp3) is 0.211. The lowest BCUT2D eigenvalue weighted by molar-refractivity contribution is -0.124. The summed E-state index contributed by atoms with van der Waals surface area (Å²) in [5, 5.41) is 7.88. The van der Waals surface area contributed by atoms with Gasteiger partial charge in [-0.25, -0.2) is 4.98 Å². The minimum absolute atomic E-state index is 0.133. The number of hydrogen-bond acceptors (Lipinski definition) is 6. The summed E-state index contributed by atoms with van der Waals surface area (Å²) >= 11 is 8.22. The van der Waals surface area contributed by atoms with Gasteiger partial charge in [0.2, 0.25) is 5.91 Å². The Kier molecular flexibility index (Phi) is 6.15. The van der Waals surface area contributed by atoms with E-state index in [4.69, 9.17) is 0 Å². The summed E-state index contributed by atoms with van der Waals surface area (Å²) in [4.78, 5) is 33.0. The predicted octanol–water partition coefficient (Wildman–Crippen LogP) is 4.47. The van der Waals surface area contributed by atoms with E-state index in [-0.39, 0.29) is 11.8 Å². The smallest absolute Gasteiger partial charge is 0.256 e. The van der Waals surface area contributed by atoms with Crippen LogP contribution in [0, 0.1) is 0 Å². The molecule has 3 aromatic rings. The highest BCUT2D eigenvalue weighted by Crippen LogP contribution is 2.28. The van der Waals surface area contributed by atoms with E-state index in [1.807, 2.05) is 41.1 Å². The summed E-state index contributed by atoms with van der Waals surface area (Å²) in [5.41, 5.74) is 1.40. The molecule has 9 heteroatoms. The number of aromatic nitrogens is 1. The van der Waals surface area contributed by atoms with Gasteiger partial charge in [0.15, 0.2) is 0 Å². The third-order valence-corrected chi connectivity index (χ3v) is 7.91. The zero-order chi connectivity index (χ0) is 19.5. The van der Waals surface area contributed by atoms with Gasteiger partial charge < -0.3 is 10.2 Å². The van der Waals surface area contributed by atoms with Gasteiger partial charge in [-0.3, -0.25) is 9.59 Å². The highest BCUT2D eigenvalue weighted by atomic mass is 79.9. The third kappa shape index (κ3) is 4.17. The molecule has 1 N–H and O–H groups in total. The lowest BCUT2D eigenvalue weighted by Gasteiger charge is -2.23. The average Bonchev–Trinajstić information content (AvgIpc) is 3.47. The van der Waals surface area contributed by atoms with E-state index >= 15 is 0 Å². The van der Waals surface area contributed by atoms with Crippen molar-refractivity contribution in [3.63, 3.8) is 0 Å². The van der Waals surface area contributed by atoms with Crippen LogP contribution in [0.25, 0.3) is 9.88 Å². The first-order chi connectivity index (χ1) is 13.6. The number of thiazole rings is 1. The van der Waals surface area contributed by atoms with E-state index in [0.717, 1.165) is 20.1 Å². The quantitative estimate of drug-likeness (QED) is 0.569. The number of nitrogens with one attached hydrogen (secondary N) is 1. The normalized spacial score (nSPS) is 16.3. The predicted molar refractivity (Wildman–Crippen MR) is 119 cm³/mol. The zero-order valence-corrected chi connectivity index (χ0v) is 18.7. The van der Waals surface area contributed by atoms with Gasteiger partial charge in [0.05, 0.1) is 28.6 Å². The Morgan fingerprint density at radius 2 is 2.07 bits per heavy atom. The van der Waals surface area contributed by atoms with Gasteiger partial charge in [-0.2, -0.15) is 0 Å². The van der Waals surface area contributed by atoms with Crippen molar-refractivity contribution < 1.29 is 9.59 Å². The molecule has 28 heavy (non-hydrogen) atoms. The van der Waals surface area contributed by atoms with Crippen molar-refractivity contribution >= 4 is 62.2 Å². The molecule has 0 bridgehead atoms. The molecule has 3 heterocycles. The van der Waals surface area contributed by atoms with Crippen molar-refractivity contribution in [3.05, 3.63) is 62.9 Å². The lowest BCUT2D eigenvalue weighted by Crippen LogP contribution is -2.47. The maximum absolute atomic E-state index is 12.9. The van der Waals surface area contributed by atoms with Gasteiger partial charge in [0.25, 0.3) is 5.91 Å². The van der Waals surface area contributed by atoms with Crippen LogP contribution in [-0.2, 0) is 11.3 Å². The summed E-state index contributed by atoms with van der Waals surface area (Å²) in [5.74, 6) is 0.833. The maximum atomic E-state index is 12.9. The molecule has 1 saturated heterocycles. The van der Waals surface area contributed by atoms with Crippen molar-refractivity contribution in [3.8, 4) is 9.88 Å². The number of hydrogen-bond donors (Lipinski definition) is 1. The van der Waals surface area contributed by atoms with Crippen molar-refractivity contribution in [2.75, 3.05) is 11.6 Å². The third-order valence-electron chi connectivity index (χ3n) is 4.28. The van der Waals surface area contributed by atoms with E-state index in [1.54, 1.807) is 45.4 Å². The summed E-state index contributed by atoms with van der Waals surface area (Å²) in [6, 6.07) is 10.8. The molecule has 2 amide bonds. The Balaban J connectivity index is 1.40. The Labute approximate surface area is 183 Å². The molecule has 144 valence electrons. The minimum atomic E-state index is -0.472. The first-order valence-electron chi connectivity index (χ1n) is 8.52. The maximum Gasteiger partial charge on any atom is 0.256 e. The molecule has 2 aromatic heterocycles. The summed E-state index contributed by atoms with van der Waals surface area (Å²) in [7, 11) is 0. The first kappa shape index (κ1) is 19.6. The molecule has 4 rings (SSSR count). The topological polar surface area (TPSA) is 62.3 Å². The number of rotatable bonds is 5. The number of benzene rings is 1. The molecule has 1 aliphatic heterocycles. The Morgan fingerprint density at radius 1 is 1.21 bits per heavy atom. The lowest BCUT2D eigenvalue weighted by atomic mass is 10.1. The number of halogens is 1. The Bertz CT molecular complexity index is 990. The number of thiophene rings is 1. The average molecular weight is 494 g/mol. The van der Waals surface area contributed by atoms with Crippen LogP contribution in [-0.4, -0.2) is 39.4 Å². The summed E-state index contributed by atoms with van der Waals surface area (Å²) in [6.45, 7) is 0.360. The van der Waals surface area contributed by atoms with Crippen LogP contribution in [0.4, 0.5) is 0 Å². The van der Waals surface area contributed by atoms with E-state index < -0.39 is 6.04 Å². The highest BCUT2D eigenvalue weighted by molar-refractivity contribution is 9.10. The Hall–Kier alpha value is -1.68. The first-order valence-corrected chi connectivity index (χ1v) is 12.2. The molecule has 0 saturated carbocycles. The van der Waals surface area contributed by atoms with Gasteiger partial charge in [0.1, 0.15) is 11.0 Å². The minimum Gasteiger partial charge on any atom is -0.349 e. The van der Waals surface area contributed by atoms with Crippen molar-refractivity contribution in [1.29, 1.82) is 0 Å². The Morgan fingerprint density at radius 3 is 2.86 bits per heavy atom. The van der Waals surface area contributed by atoms with Crippen LogP contribution < -0.4 is 5.32 Å². The van der Waals surface area contributed by atoms with E-state index in [9.17, 15) is 9.59 Å². The molecular formula is C19H16BrN3O2S3. The molecular weight excluding hydrogens is 478 g/mol. The van der Waals surface area contributed by atoms with Crippen molar-refractivity contribution in [2.24, 2.45) is 0 Å². The van der Waals surface area contributed by atoms with Crippen LogP contribution in [0.2, 0.25) is 0 Å². The molecule has 1 unspecified atom stereocenters. The standard InChI is InChI=1S/C19H16BrN3O2S3/c20-14-5-2-1-4-13(14)19(25)23-11-26-10-15(23)17(24)21-8-12-9-28-18(22-12)16-6-3-7-27-16/h1-7,9,15H,8,10-11H2,(H,21,24). The van der Waals surface area contributed by atoms with Crippen LogP contribution in [0.1, 0.15) is 16.1 Å². The van der Waals surface area contributed by atoms with E-state index in [0.29, 0.717) is 23.7 Å². The van der Waals surface area contributed by atoms with E-state index in [1.165, 1.54) is 0 Å². The number of thioether (sulfide) groups is 1. The summed E-state index contributed by atoms with van der Waals surface area (Å²) < 4.78 is 0.736. The van der Waals surface area contributed by atoms with Crippen LogP contribution in [0.5, 0.6) is 0 Å². The van der Waals surface area contributed by atoms with Crippen molar-refractivity contribution in [2.45, 2.75) is 12.6 Å². The number of carbonyl (C=O) groups is 2. The fourth-order valence-corrected chi connectivity index (χ4v) is 6.09. The van der Waals surface area contributed by atoms with Crippen LogP contribution in [0.3, 0.4) is 0 Å². The highest BCUT2D eigenvalue weighted by Gasteiger charge is 2.35. The number of nitrogens with zero attached hydrogens (tertiary/aromatic N) is 2. The van der Waals surface area contributed by atoms with Crippen LogP contribution in [0.15, 0.2) is 51.6 Å². The van der Waals surface area contributed by atoms with Crippen LogP contribution >= 0.6 is 50.4 Å². The molecule has 0 spiro atoms. The molecule has 1 aromatic carbocycles. The second kappa shape index (κ2) is 8.77. The van der Waals surface area contributed by atoms with Gasteiger partial charge in [-0.1, -0.05) is 18.2 Å². The molecule has 0 aliphatic carbocycles. The van der Waals surface area contributed by atoms with Gasteiger partial charge >= 0.3 is 0 Å². The van der Waals surface area contributed by atoms with Gasteiger partial charge in [0, 0.05) is 15.6 Å².